The highest BCUT2D eigenvalue weighted by molar-refractivity contribution is 5.71. The maximum absolute atomic E-state index is 14.8. The zero-order valence-electron chi connectivity index (χ0n) is 21.8. The normalized spacial score (nSPS) is 11.1. The zero-order valence-corrected chi connectivity index (χ0v) is 21.8. The first-order valence-electron chi connectivity index (χ1n) is 13.5. The Hall–Kier alpha value is -2.72. The maximum atomic E-state index is 14.8. The van der Waals surface area contributed by atoms with Crippen LogP contribution in [0.2, 0.25) is 0 Å². The molecule has 4 heteroatoms. The van der Waals surface area contributed by atoms with Gasteiger partial charge in [0.25, 0.3) is 0 Å². The van der Waals surface area contributed by atoms with Gasteiger partial charge in [0.15, 0.2) is 11.6 Å². The molecule has 0 saturated heterocycles. The van der Waals surface area contributed by atoms with Crippen molar-refractivity contribution in [1.82, 2.24) is 0 Å². The van der Waals surface area contributed by atoms with E-state index >= 15 is 0 Å². The van der Waals surface area contributed by atoms with Gasteiger partial charge in [-0.3, -0.25) is 0 Å². The van der Waals surface area contributed by atoms with Crippen molar-refractivity contribution < 1.29 is 18.3 Å². The molecule has 0 aromatic heterocycles. The summed E-state index contributed by atoms with van der Waals surface area (Å²) < 4.78 is 40.7. The molecule has 0 saturated carbocycles. The molecule has 0 N–H and O–H groups in total. The molecule has 0 radical (unpaired) electrons. The van der Waals surface area contributed by atoms with E-state index in [2.05, 4.69) is 38.1 Å². The Morgan fingerprint density at radius 2 is 1.11 bits per heavy atom. The Morgan fingerprint density at radius 1 is 0.556 bits per heavy atom. The van der Waals surface area contributed by atoms with Gasteiger partial charge in [0.1, 0.15) is 0 Å². The van der Waals surface area contributed by atoms with Crippen LogP contribution in [0.1, 0.15) is 77.2 Å². The molecule has 0 aliphatic heterocycles. The quantitative estimate of drug-likeness (QED) is 0.185. The molecule has 0 amide bonds. The van der Waals surface area contributed by atoms with Crippen LogP contribution in [0.15, 0.2) is 60.7 Å². The van der Waals surface area contributed by atoms with E-state index in [4.69, 9.17) is 9.47 Å². The number of unbranched alkanes of at least 4 members (excludes halogenated alkanes) is 7. The van der Waals surface area contributed by atoms with Gasteiger partial charge in [-0.1, -0.05) is 107 Å². The van der Waals surface area contributed by atoms with Gasteiger partial charge >= 0.3 is 0 Å². The second-order valence-corrected chi connectivity index (χ2v) is 9.39. The number of hydrogen-bond acceptors (Lipinski definition) is 2. The van der Waals surface area contributed by atoms with E-state index < -0.39 is 11.6 Å². The van der Waals surface area contributed by atoms with Crippen molar-refractivity contribution in [2.24, 2.45) is 0 Å². The molecule has 0 aliphatic rings. The lowest BCUT2D eigenvalue weighted by Crippen LogP contribution is -2.01. The molecule has 2 nitrogen and oxygen atoms in total. The number of rotatable bonds is 16. The second-order valence-electron chi connectivity index (χ2n) is 9.39. The standard InChI is InChI=1S/C32H40F2O2/c1-3-5-7-8-9-11-23-36-30-21-20-29(31(33)32(30)34)28-18-16-27(17-19-28)26-14-12-25(13-15-26)24-35-22-10-6-4-2/h12-21H,3-11,22-24H2,1-2H3. The van der Waals surface area contributed by atoms with Gasteiger partial charge in [-0.05, 0) is 47.2 Å². The summed E-state index contributed by atoms with van der Waals surface area (Å²) >= 11 is 0. The second kappa shape index (κ2) is 15.4. The molecule has 0 atom stereocenters. The Morgan fingerprint density at radius 3 is 1.81 bits per heavy atom. The average Bonchev–Trinajstić information content (AvgIpc) is 2.91. The predicted octanol–water partition coefficient (Wildman–Crippen LogP) is 9.74. The summed E-state index contributed by atoms with van der Waals surface area (Å²) in [5.74, 6) is -1.81. The fourth-order valence-electron chi connectivity index (χ4n) is 4.21. The van der Waals surface area contributed by atoms with E-state index in [0.717, 1.165) is 49.0 Å². The van der Waals surface area contributed by atoms with Crippen LogP contribution in [0.25, 0.3) is 22.3 Å². The third-order valence-electron chi connectivity index (χ3n) is 6.45. The summed E-state index contributed by atoms with van der Waals surface area (Å²) in [6, 6.07) is 18.9. The minimum absolute atomic E-state index is 0.0177. The van der Waals surface area contributed by atoms with Crippen LogP contribution in [-0.4, -0.2) is 13.2 Å². The van der Waals surface area contributed by atoms with Crippen LogP contribution in [0.3, 0.4) is 0 Å². The van der Waals surface area contributed by atoms with Gasteiger partial charge in [-0.15, -0.1) is 0 Å². The van der Waals surface area contributed by atoms with Crippen LogP contribution < -0.4 is 4.74 Å². The smallest absolute Gasteiger partial charge is 0.201 e. The molecule has 0 aliphatic carbocycles. The third-order valence-corrected chi connectivity index (χ3v) is 6.45. The molecule has 0 spiro atoms. The largest absolute Gasteiger partial charge is 0.490 e. The van der Waals surface area contributed by atoms with Crippen molar-refractivity contribution >= 4 is 0 Å². The average molecular weight is 495 g/mol. The highest BCUT2D eigenvalue weighted by Crippen LogP contribution is 2.31. The van der Waals surface area contributed by atoms with Crippen molar-refractivity contribution in [3.63, 3.8) is 0 Å². The SMILES string of the molecule is CCCCCCCCOc1ccc(-c2ccc(-c3ccc(COCCCCC)cc3)cc2)c(F)c1F. The Kier molecular flexibility index (Phi) is 11.9. The van der Waals surface area contributed by atoms with Crippen molar-refractivity contribution in [2.75, 3.05) is 13.2 Å². The van der Waals surface area contributed by atoms with E-state index in [1.807, 2.05) is 24.3 Å². The predicted molar refractivity (Wildman–Crippen MR) is 145 cm³/mol. The van der Waals surface area contributed by atoms with E-state index in [-0.39, 0.29) is 11.3 Å². The molecule has 36 heavy (non-hydrogen) atoms. The van der Waals surface area contributed by atoms with Gasteiger partial charge in [-0.25, -0.2) is 4.39 Å². The Bertz CT molecular complexity index is 1030. The van der Waals surface area contributed by atoms with Crippen LogP contribution in [0, 0.1) is 11.6 Å². The van der Waals surface area contributed by atoms with Gasteiger partial charge in [0.2, 0.25) is 5.82 Å². The lowest BCUT2D eigenvalue weighted by Gasteiger charge is -2.11. The van der Waals surface area contributed by atoms with Crippen LogP contribution in [0.4, 0.5) is 8.78 Å². The van der Waals surface area contributed by atoms with Gasteiger partial charge in [0, 0.05) is 12.2 Å². The Labute approximate surface area is 215 Å². The first kappa shape index (κ1) is 27.9. The molecular weight excluding hydrogens is 454 g/mol. The van der Waals surface area contributed by atoms with Crippen molar-refractivity contribution in [1.29, 1.82) is 0 Å². The highest BCUT2D eigenvalue weighted by Gasteiger charge is 2.16. The maximum Gasteiger partial charge on any atom is 0.201 e. The number of benzene rings is 3. The molecule has 0 bridgehead atoms. The number of halogens is 2. The van der Waals surface area contributed by atoms with Gasteiger partial charge in [0.05, 0.1) is 13.2 Å². The minimum Gasteiger partial charge on any atom is -0.490 e. The molecule has 3 aromatic rings. The molecular formula is C32H40F2O2. The summed E-state index contributed by atoms with van der Waals surface area (Å²) in [6.07, 6.45) is 10.2. The van der Waals surface area contributed by atoms with Crippen LogP contribution >= 0.6 is 0 Å². The number of hydrogen-bond donors (Lipinski definition) is 0. The monoisotopic (exact) mass is 494 g/mol. The van der Waals surface area contributed by atoms with Crippen molar-refractivity contribution in [2.45, 2.75) is 78.2 Å². The first-order chi connectivity index (χ1) is 17.6. The summed E-state index contributed by atoms with van der Waals surface area (Å²) in [7, 11) is 0. The summed E-state index contributed by atoms with van der Waals surface area (Å²) in [6.45, 7) is 6.18. The molecule has 194 valence electrons. The molecule has 0 fully saturated rings. The fourth-order valence-corrected chi connectivity index (χ4v) is 4.21. The molecule has 0 heterocycles. The topological polar surface area (TPSA) is 18.5 Å². The van der Waals surface area contributed by atoms with E-state index in [1.54, 1.807) is 6.07 Å². The molecule has 3 aromatic carbocycles. The summed E-state index contributed by atoms with van der Waals surface area (Å²) in [5.41, 5.74) is 4.11. The van der Waals surface area contributed by atoms with E-state index in [9.17, 15) is 8.78 Å². The number of ether oxygens (including phenoxy) is 2. The first-order valence-corrected chi connectivity index (χ1v) is 13.5. The van der Waals surface area contributed by atoms with E-state index in [1.165, 1.54) is 38.2 Å². The Balaban J connectivity index is 1.55. The fraction of sp³-hybridized carbons (Fsp3) is 0.438. The lowest BCUT2D eigenvalue weighted by atomic mass is 9.99. The van der Waals surface area contributed by atoms with Gasteiger partial charge in [-0.2, -0.15) is 4.39 Å². The van der Waals surface area contributed by atoms with Gasteiger partial charge < -0.3 is 9.47 Å². The van der Waals surface area contributed by atoms with Crippen molar-refractivity contribution in [3.8, 4) is 28.0 Å². The summed E-state index contributed by atoms with van der Waals surface area (Å²) in [5, 5.41) is 0. The zero-order chi connectivity index (χ0) is 25.6. The van der Waals surface area contributed by atoms with Crippen LogP contribution in [0.5, 0.6) is 5.75 Å². The third kappa shape index (κ3) is 8.44. The highest BCUT2D eigenvalue weighted by atomic mass is 19.2. The summed E-state index contributed by atoms with van der Waals surface area (Å²) in [4.78, 5) is 0. The minimum atomic E-state index is -0.921. The lowest BCUT2D eigenvalue weighted by molar-refractivity contribution is 0.117. The van der Waals surface area contributed by atoms with Crippen molar-refractivity contribution in [3.05, 3.63) is 77.9 Å². The van der Waals surface area contributed by atoms with E-state index in [0.29, 0.717) is 18.8 Å². The molecule has 0 unspecified atom stereocenters. The molecule has 3 rings (SSSR count). The van der Waals surface area contributed by atoms with Crippen LogP contribution in [-0.2, 0) is 11.3 Å².